The van der Waals surface area contributed by atoms with Crippen LogP contribution in [0, 0.1) is 6.92 Å². The van der Waals surface area contributed by atoms with Gasteiger partial charge in [0.15, 0.2) is 0 Å². The van der Waals surface area contributed by atoms with E-state index >= 15 is 0 Å². The first-order valence-corrected chi connectivity index (χ1v) is 19.4. The van der Waals surface area contributed by atoms with Crippen LogP contribution < -0.4 is 4.90 Å². The molecule has 1 aliphatic rings. The summed E-state index contributed by atoms with van der Waals surface area (Å²) in [6.07, 6.45) is 4.41. The SMILES string of the molecule is C/C=C\c1c(C)c2ccccc2c2cc(N(c3ccc(-c4ccc5c(c4)C(C)(C)c4ccccc4-5)cc3)c3cccc4c3sc3ccccc34)ccc12. The minimum Gasteiger partial charge on any atom is -0.309 e. The van der Waals surface area contributed by atoms with Gasteiger partial charge in [0.2, 0.25) is 0 Å². The third-order valence-electron chi connectivity index (χ3n) is 11.6. The Kier molecular flexibility index (Phi) is 7.22. The first-order valence-electron chi connectivity index (χ1n) is 18.6. The Morgan fingerprint density at radius 1 is 0.528 bits per heavy atom. The number of allylic oxidation sites excluding steroid dienone is 1. The van der Waals surface area contributed by atoms with E-state index < -0.39 is 0 Å². The summed E-state index contributed by atoms with van der Waals surface area (Å²) in [6.45, 7) is 9.07. The van der Waals surface area contributed by atoms with Gasteiger partial charge in [0.05, 0.1) is 10.4 Å². The van der Waals surface area contributed by atoms with Crippen LogP contribution in [0.25, 0.3) is 70.0 Å². The zero-order chi connectivity index (χ0) is 35.8. The van der Waals surface area contributed by atoms with Gasteiger partial charge in [-0.25, -0.2) is 0 Å². The van der Waals surface area contributed by atoms with Crippen molar-refractivity contribution in [1.29, 1.82) is 0 Å². The molecule has 2 heteroatoms. The molecule has 0 fully saturated rings. The second kappa shape index (κ2) is 12.0. The quantitative estimate of drug-likeness (QED) is 0.162. The molecule has 0 saturated carbocycles. The lowest BCUT2D eigenvalue weighted by molar-refractivity contribution is 0.660. The van der Waals surface area contributed by atoms with Crippen molar-refractivity contribution in [2.45, 2.75) is 33.1 Å². The summed E-state index contributed by atoms with van der Waals surface area (Å²) < 4.78 is 2.60. The summed E-state index contributed by atoms with van der Waals surface area (Å²) in [5.74, 6) is 0. The minimum atomic E-state index is -0.0345. The molecule has 1 heterocycles. The van der Waals surface area contributed by atoms with Crippen LogP contribution in [0.1, 0.15) is 43.0 Å². The molecular weight excluding hydrogens is 659 g/mol. The molecule has 0 atom stereocenters. The zero-order valence-electron chi connectivity index (χ0n) is 30.4. The van der Waals surface area contributed by atoms with Gasteiger partial charge in [0, 0.05) is 32.3 Å². The van der Waals surface area contributed by atoms with E-state index in [9.17, 15) is 0 Å². The number of hydrogen-bond acceptors (Lipinski definition) is 2. The van der Waals surface area contributed by atoms with Crippen LogP contribution in [-0.4, -0.2) is 0 Å². The van der Waals surface area contributed by atoms with E-state index in [0.29, 0.717) is 0 Å². The van der Waals surface area contributed by atoms with Crippen molar-refractivity contribution in [2.75, 3.05) is 4.90 Å². The monoisotopic (exact) mass is 697 g/mol. The smallest absolute Gasteiger partial charge is 0.0640 e. The van der Waals surface area contributed by atoms with Gasteiger partial charge in [-0.05, 0) is 122 Å². The van der Waals surface area contributed by atoms with Gasteiger partial charge in [-0.15, -0.1) is 11.3 Å². The third-order valence-corrected chi connectivity index (χ3v) is 12.8. The summed E-state index contributed by atoms with van der Waals surface area (Å²) in [5.41, 5.74) is 14.0. The first kappa shape index (κ1) is 31.7. The summed E-state index contributed by atoms with van der Waals surface area (Å²) >= 11 is 1.88. The fourth-order valence-electron chi connectivity index (χ4n) is 8.92. The normalized spacial score (nSPS) is 13.4. The van der Waals surface area contributed by atoms with Crippen molar-refractivity contribution >= 4 is 76.2 Å². The highest BCUT2D eigenvalue weighted by atomic mass is 32.1. The molecule has 0 radical (unpaired) electrons. The predicted molar refractivity (Wildman–Crippen MR) is 231 cm³/mol. The van der Waals surface area contributed by atoms with E-state index in [0.717, 1.165) is 11.4 Å². The molecule has 1 nitrogen and oxygen atoms in total. The number of anilines is 3. The summed E-state index contributed by atoms with van der Waals surface area (Å²) in [7, 11) is 0. The fraction of sp³-hybridized carbons (Fsp3) is 0.0980. The molecule has 0 spiro atoms. The minimum absolute atomic E-state index is 0.0345. The summed E-state index contributed by atoms with van der Waals surface area (Å²) in [4.78, 5) is 2.47. The Labute approximate surface area is 315 Å². The molecule has 1 aliphatic carbocycles. The molecule has 0 saturated heterocycles. The van der Waals surface area contributed by atoms with Gasteiger partial charge in [-0.2, -0.15) is 0 Å². The Morgan fingerprint density at radius 2 is 1.21 bits per heavy atom. The van der Waals surface area contributed by atoms with E-state index in [-0.39, 0.29) is 5.41 Å². The average molecular weight is 698 g/mol. The molecule has 0 aliphatic heterocycles. The molecule has 0 bridgehead atoms. The molecular formula is C51H39NS. The standard InChI is InChI=1S/C51H39NS/c1-5-13-37-32(2)38-14-6-7-15-39(38)45-31-36(27-29-40(37)45)52(48-20-12-18-44-43-17-9-11-21-49(43)53-50(44)48)35-25-22-33(23-26-35)34-24-28-42-41-16-8-10-19-46(41)51(3,4)47(42)30-34/h5-31H,1-4H3/b13-5-. The molecule has 0 unspecified atom stereocenters. The van der Waals surface area contributed by atoms with Crippen molar-refractivity contribution in [2.24, 2.45) is 0 Å². The highest BCUT2D eigenvalue weighted by molar-refractivity contribution is 7.26. The van der Waals surface area contributed by atoms with Crippen LogP contribution in [0.3, 0.4) is 0 Å². The molecule has 0 amide bonds. The van der Waals surface area contributed by atoms with Crippen LogP contribution in [0.4, 0.5) is 17.1 Å². The Morgan fingerprint density at radius 3 is 2.04 bits per heavy atom. The maximum absolute atomic E-state index is 2.47. The van der Waals surface area contributed by atoms with E-state index in [1.807, 2.05) is 11.3 Å². The number of rotatable bonds is 5. The van der Waals surface area contributed by atoms with E-state index in [2.05, 4.69) is 196 Å². The average Bonchev–Trinajstić information content (AvgIpc) is 3.69. The van der Waals surface area contributed by atoms with Crippen LogP contribution in [-0.2, 0) is 5.41 Å². The van der Waals surface area contributed by atoms with Gasteiger partial charge in [0.1, 0.15) is 0 Å². The number of hydrogen-bond donors (Lipinski definition) is 0. The van der Waals surface area contributed by atoms with Crippen molar-refractivity contribution in [3.05, 3.63) is 180 Å². The number of fused-ring (bicyclic) bond motifs is 9. The molecule has 10 rings (SSSR count). The number of benzene rings is 8. The number of thiophene rings is 1. The van der Waals surface area contributed by atoms with Crippen molar-refractivity contribution in [3.63, 3.8) is 0 Å². The fourth-order valence-corrected chi connectivity index (χ4v) is 10.1. The summed E-state index contributed by atoms with van der Waals surface area (Å²) in [5, 5.41) is 7.73. The lowest BCUT2D eigenvalue weighted by atomic mass is 9.81. The molecule has 8 aromatic carbocycles. The lowest BCUT2D eigenvalue weighted by Gasteiger charge is -2.27. The summed E-state index contributed by atoms with van der Waals surface area (Å²) in [6, 6.07) is 56.6. The predicted octanol–water partition coefficient (Wildman–Crippen LogP) is 15.1. The van der Waals surface area contributed by atoms with E-state index in [1.54, 1.807) is 0 Å². The first-order chi connectivity index (χ1) is 25.9. The molecule has 53 heavy (non-hydrogen) atoms. The second-order valence-electron chi connectivity index (χ2n) is 14.9. The van der Waals surface area contributed by atoms with E-state index in [4.69, 9.17) is 0 Å². The van der Waals surface area contributed by atoms with Gasteiger partial charge >= 0.3 is 0 Å². The van der Waals surface area contributed by atoms with Gasteiger partial charge in [0.25, 0.3) is 0 Å². The third kappa shape index (κ3) is 4.82. The van der Waals surface area contributed by atoms with Crippen LogP contribution in [0.5, 0.6) is 0 Å². The Balaban J connectivity index is 1.16. The van der Waals surface area contributed by atoms with Gasteiger partial charge < -0.3 is 4.90 Å². The lowest BCUT2D eigenvalue weighted by Crippen LogP contribution is -2.14. The Bertz CT molecular complexity index is 2940. The number of aryl methyl sites for hydroxylation is 1. The van der Waals surface area contributed by atoms with Crippen LogP contribution in [0.15, 0.2) is 158 Å². The van der Waals surface area contributed by atoms with Crippen molar-refractivity contribution in [1.82, 2.24) is 0 Å². The van der Waals surface area contributed by atoms with Crippen LogP contribution in [0.2, 0.25) is 0 Å². The van der Waals surface area contributed by atoms with Gasteiger partial charge in [-0.1, -0.05) is 135 Å². The maximum Gasteiger partial charge on any atom is 0.0640 e. The van der Waals surface area contributed by atoms with Crippen molar-refractivity contribution in [3.8, 4) is 22.3 Å². The maximum atomic E-state index is 2.47. The Hall–Kier alpha value is -5.96. The van der Waals surface area contributed by atoms with Gasteiger partial charge in [-0.3, -0.25) is 0 Å². The van der Waals surface area contributed by atoms with E-state index in [1.165, 1.54) is 91.9 Å². The molecule has 254 valence electrons. The largest absolute Gasteiger partial charge is 0.309 e. The molecule has 1 aromatic heterocycles. The number of nitrogens with zero attached hydrogens (tertiary/aromatic N) is 1. The highest BCUT2D eigenvalue weighted by Crippen LogP contribution is 2.50. The molecule has 9 aromatic rings. The topological polar surface area (TPSA) is 3.24 Å². The molecule has 0 N–H and O–H groups in total. The van der Waals surface area contributed by atoms with Crippen LogP contribution >= 0.6 is 11.3 Å². The second-order valence-corrected chi connectivity index (χ2v) is 15.9. The zero-order valence-corrected chi connectivity index (χ0v) is 31.3. The highest BCUT2D eigenvalue weighted by Gasteiger charge is 2.35. The van der Waals surface area contributed by atoms with Crippen molar-refractivity contribution < 1.29 is 0 Å².